The van der Waals surface area contributed by atoms with Crippen molar-refractivity contribution < 1.29 is 0 Å². The number of hydrogen-bond acceptors (Lipinski definition) is 2. The molecule has 0 aliphatic rings. The van der Waals surface area contributed by atoms with Crippen molar-refractivity contribution in [1.29, 1.82) is 0 Å². The fourth-order valence-electron chi connectivity index (χ4n) is 7.68. The molecule has 0 saturated heterocycles. The van der Waals surface area contributed by atoms with Gasteiger partial charge >= 0.3 is 0 Å². The molecule has 0 aromatic carbocycles. The summed E-state index contributed by atoms with van der Waals surface area (Å²) in [4.78, 5) is 0. The summed E-state index contributed by atoms with van der Waals surface area (Å²) in [5, 5.41) is 4.96. The minimum atomic E-state index is 0.615. The molecule has 0 bridgehead atoms. The number of nitrogens with zero attached hydrogens (tertiary/aromatic N) is 2. The molecule has 0 amide bonds. The van der Waals surface area contributed by atoms with Crippen molar-refractivity contribution in [3.05, 3.63) is 24.4 Å². The van der Waals surface area contributed by atoms with Crippen LogP contribution in [0.15, 0.2) is 24.4 Å². The zero-order valence-electron chi connectivity index (χ0n) is 33.8. The van der Waals surface area contributed by atoms with Gasteiger partial charge in [0.1, 0.15) is 0 Å². The highest BCUT2D eigenvalue weighted by molar-refractivity contribution is 4.96. The van der Waals surface area contributed by atoms with Crippen LogP contribution in [0.1, 0.15) is 240 Å². The maximum atomic E-state index is 4.62. The van der Waals surface area contributed by atoms with Gasteiger partial charge < -0.3 is 5.01 Å². The molecule has 2 nitrogen and oxygen atoms in total. The van der Waals surface area contributed by atoms with Gasteiger partial charge in [0.2, 0.25) is 0 Å². The zero-order valence-corrected chi connectivity index (χ0v) is 33.8. The number of allylic oxidation sites excluding steroid dienone is 2. The Morgan fingerprint density at radius 1 is 0.426 bits per heavy atom. The summed E-state index contributed by atoms with van der Waals surface area (Å²) in [6, 6.07) is 0.615. The SMILES string of the molecule is C=C(CCCCCCCCC(CCCCCCCCC)N(C(=C)CCCCCCC)N(C)C)CC(CCCCCC)CCCCCC. The van der Waals surface area contributed by atoms with E-state index in [1.165, 1.54) is 211 Å². The van der Waals surface area contributed by atoms with Crippen LogP contribution in [0, 0.1) is 5.92 Å². The second kappa shape index (κ2) is 35.1. The summed E-state index contributed by atoms with van der Waals surface area (Å²) in [5.41, 5.74) is 2.90. The Bertz CT molecular complexity index is 655. The van der Waals surface area contributed by atoms with Gasteiger partial charge in [0.15, 0.2) is 0 Å². The van der Waals surface area contributed by atoms with Crippen molar-refractivity contribution >= 4 is 0 Å². The number of rotatable bonds is 38. The van der Waals surface area contributed by atoms with E-state index in [0.29, 0.717) is 6.04 Å². The summed E-state index contributed by atoms with van der Waals surface area (Å²) < 4.78 is 0. The fourth-order valence-corrected chi connectivity index (χ4v) is 7.68. The molecule has 0 rings (SSSR count). The first-order chi connectivity index (χ1) is 22.9. The standard InChI is InChI=1S/C45H90N2/c1-9-13-17-21-22-27-33-39-45(47(46(7)8)43(6)36-30-25-18-14-10-2)40-34-28-24-23-26-29-35-42(5)41-44(37-31-19-15-11-3)38-32-20-16-12-4/h44-45H,5-6,9-41H2,1-4,7-8H3. The van der Waals surface area contributed by atoms with Crippen molar-refractivity contribution in [2.24, 2.45) is 5.92 Å². The highest BCUT2D eigenvalue weighted by Gasteiger charge is 2.21. The Kier molecular flexibility index (Phi) is 34.5. The Hall–Kier alpha value is -0.760. The highest BCUT2D eigenvalue weighted by Crippen LogP contribution is 2.28. The molecule has 0 fully saturated rings. The molecule has 0 N–H and O–H groups in total. The first-order valence-electron chi connectivity index (χ1n) is 21.7. The molecule has 0 heterocycles. The minimum absolute atomic E-state index is 0.615. The Morgan fingerprint density at radius 2 is 0.766 bits per heavy atom. The molecule has 0 aromatic rings. The molecule has 2 heteroatoms. The van der Waals surface area contributed by atoms with Crippen molar-refractivity contribution in [1.82, 2.24) is 10.0 Å². The van der Waals surface area contributed by atoms with Crippen LogP contribution in [0.4, 0.5) is 0 Å². The summed E-state index contributed by atoms with van der Waals surface area (Å²) >= 11 is 0. The lowest BCUT2D eigenvalue weighted by Gasteiger charge is -2.40. The van der Waals surface area contributed by atoms with E-state index in [0.717, 1.165) is 12.3 Å². The topological polar surface area (TPSA) is 6.48 Å². The first-order valence-corrected chi connectivity index (χ1v) is 21.7. The molecular weight excluding hydrogens is 569 g/mol. The molecule has 0 aliphatic heterocycles. The largest absolute Gasteiger partial charge is 0.308 e. The first kappa shape index (κ1) is 46.2. The summed E-state index contributed by atoms with van der Waals surface area (Å²) in [6.45, 7) is 18.5. The number of hydrazine groups is 1. The number of hydrogen-bond donors (Lipinski definition) is 0. The van der Waals surface area contributed by atoms with Gasteiger partial charge in [0, 0.05) is 25.8 Å². The minimum Gasteiger partial charge on any atom is -0.308 e. The van der Waals surface area contributed by atoms with E-state index in [1.54, 1.807) is 5.57 Å². The third-order valence-corrected chi connectivity index (χ3v) is 10.6. The molecule has 47 heavy (non-hydrogen) atoms. The van der Waals surface area contributed by atoms with Gasteiger partial charge in [-0.25, -0.2) is 5.01 Å². The second-order valence-electron chi connectivity index (χ2n) is 15.7. The van der Waals surface area contributed by atoms with E-state index in [9.17, 15) is 0 Å². The highest BCUT2D eigenvalue weighted by atomic mass is 15.6. The van der Waals surface area contributed by atoms with Crippen molar-refractivity contribution in [2.75, 3.05) is 14.1 Å². The zero-order chi connectivity index (χ0) is 34.8. The molecule has 0 radical (unpaired) electrons. The summed E-state index contributed by atoms with van der Waals surface area (Å²) in [7, 11) is 4.49. The van der Waals surface area contributed by atoms with E-state index in [1.807, 2.05) is 0 Å². The summed E-state index contributed by atoms with van der Waals surface area (Å²) in [6.07, 6.45) is 45.2. The van der Waals surface area contributed by atoms with Crippen LogP contribution in [-0.4, -0.2) is 30.2 Å². The van der Waals surface area contributed by atoms with Gasteiger partial charge in [-0.2, -0.15) is 0 Å². The molecule has 0 saturated carbocycles. The maximum Gasteiger partial charge on any atom is 0.0453 e. The quantitative estimate of drug-likeness (QED) is 0.0370. The molecule has 0 spiro atoms. The fraction of sp³-hybridized carbons (Fsp3) is 0.911. The van der Waals surface area contributed by atoms with E-state index in [-0.39, 0.29) is 0 Å². The molecule has 280 valence electrons. The Morgan fingerprint density at radius 3 is 1.19 bits per heavy atom. The van der Waals surface area contributed by atoms with Crippen LogP contribution in [0.5, 0.6) is 0 Å². The van der Waals surface area contributed by atoms with Crippen molar-refractivity contribution in [2.45, 2.75) is 246 Å². The average Bonchev–Trinajstić information content (AvgIpc) is 3.05. The van der Waals surface area contributed by atoms with Gasteiger partial charge in [0.05, 0.1) is 0 Å². The lowest BCUT2D eigenvalue weighted by atomic mass is 9.87. The molecular formula is C45H90N2. The van der Waals surface area contributed by atoms with E-state index in [2.05, 4.69) is 65.0 Å². The Balaban J connectivity index is 4.60. The van der Waals surface area contributed by atoms with Crippen LogP contribution in [0.25, 0.3) is 0 Å². The summed E-state index contributed by atoms with van der Waals surface area (Å²) in [5.74, 6) is 0.893. The molecule has 0 aromatic heterocycles. The monoisotopic (exact) mass is 659 g/mol. The van der Waals surface area contributed by atoms with Crippen LogP contribution in [-0.2, 0) is 0 Å². The van der Waals surface area contributed by atoms with Gasteiger partial charge in [-0.3, -0.25) is 0 Å². The smallest absolute Gasteiger partial charge is 0.0453 e. The van der Waals surface area contributed by atoms with Crippen LogP contribution in [0.2, 0.25) is 0 Å². The maximum absolute atomic E-state index is 4.62. The lowest BCUT2D eigenvalue weighted by Crippen LogP contribution is -2.44. The number of unbranched alkanes of at least 4 members (excludes halogenated alkanes) is 21. The van der Waals surface area contributed by atoms with E-state index in [4.69, 9.17) is 0 Å². The van der Waals surface area contributed by atoms with E-state index >= 15 is 0 Å². The Labute approximate surface area is 299 Å². The second-order valence-corrected chi connectivity index (χ2v) is 15.7. The van der Waals surface area contributed by atoms with Crippen LogP contribution >= 0.6 is 0 Å². The average molecular weight is 659 g/mol. The van der Waals surface area contributed by atoms with Crippen molar-refractivity contribution in [3.8, 4) is 0 Å². The molecule has 1 atom stereocenters. The van der Waals surface area contributed by atoms with Gasteiger partial charge in [-0.15, -0.1) is 0 Å². The third-order valence-electron chi connectivity index (χ3n) is 10.6. The van der Waals surface area contributed by atoms with Crippen molar-refractivity contribution in [3.63, 3.8) is 0 Å². The lowest BCUT2D eigenvalue weighted by molar-refractivity contribution is 0.00662. The normalized spacial score (nSPS) is 12.3. The molecule has 0 aliphatic carbocycles. The van der Waals surface area contributed by atoms with Crippen LogP contribution < -0.4 is 0 Å². The van der Waals surface area contributed by atoms with Gasteiger partial charge in [-0.1, -0.05) is 213 Å². The molecule has 1 unspecified atom stereocenters. The predicted molar refractivity (Wildman–Crippen MR) is 216 cm³/mol. The third kappa shape index (κ3) is 28.8. The van der Waals surface area contributed by atoms with Gasteiger partial charge in [-0.05, 0) is 50.9 Å². The van der Waals surface area contributed by atoms with E-state index < -0.39 is 0 Å². The van der Waals surface area contributed by atoms with Crippen LogP contribution in [0.3, 0.4) is 0 Å². The van der Waals surface area contributed by atoms with Gasteiger partial charge in [0.25, 0.3) is 0 Å². The predicted octanol–water partition coefficient (Wildman–Crippen LogP) is 15.8.